The van der Waals surface area contributed by atoms with Gasteiger partial charge in [-0.3, -0.25) is 14.2 Å². The van der Waals surface area contributed by atoms with Crippen LogP contribution in [0.1, 0.15) is 24.1 Å². The zero-order valence-electron chi connectivity index (χ0n) is 10.6. The number of aryl methyl sites for hydroxylation is 2. The summed E-state index contributed by atoms with van der Waals surface area (Å²) in [6, 6.07) is -0.622. The third-order valence-electron chi connectivity index (χ3n) is 2.82. The molecule has 0 fully saturated rings. The van der Waals surface area contributed by atoms with E-state index in [1.165, 1.54) is 0 Å². The van der Waals surface area contributed by atoms with Crippen molar-refractivity contribution in [2.24, 2.45) is 12.8 Å². The maximum Gasteiger partial charge on any atom is 0.158 e. The first kappa shape index (κ1) is 12.5. The van der Waals surface area contributed by atoms with Gasteiger partial charge in [-0.15, -0.1) is 0 Å². The molecule has 2 rings (SSSR count). The van der Waals surface area contributed by atoms with E-state index in [-0.39, 0.29) is 5.78 Å². The molecule has 6 nitrogen and oxygen atoms in total. The number of hydrogen-bond donors (Lipinski definition) is 1. The minimum atomic E-state index is -0.622. The van der Waals surface area contributed by atoms with Crippen LogP contribution in [0.2, 0.25) is 0 Å². The van der Waals surface area contributed by atoms with E-state index in [1.54, 1.807) is 35.0 Å². The first-order valence-corrected chi connectivity index (χ1v) is 5.88. The summed E-state index contributed by atoms with van der Waals surface area (Å²) in [7, 11) is 1.80. The van der Waals surface area contributed by atoms with E-state index in [2.05, 4.69) is 10.2 Å². The second-order valence-corrected chi connectivity index (χ2v) is 4.27. The van der Waals surface area contributed by atoms with E-state index in [0.29, 0.717) is 6.42 Å². The van der Waals surface area contributed by atoms with Gasteiger partial charge < -0.3 is 5.73 Å². The predicted octanol–water partition coefficient (Wildman–Crippen LogP) is 0.448. The van der Waals surface area contributed by atoms with Crippen LogP contribution in [0.3, 0.4) is 0 Å². The van der Waals surface area contributed by atoms with E-state index >= 15 is 0 Å². The summed E-state index contributed by atoms with van der Waals surface area (Å²) in [5, 5.41) is 8.14. The number of carbonyl (C=O) groups is 1. The molecule has 0 aromatic carbocycles. The number of rotatable bonds is 5. The second-order valence-electron chi connectivity index (χ2n) is 4.27. The van der Waals surface area contributed by atoms with Crippen molar-refractivity contribution in [1.29, 1.82) is 0 Å². The Morgan fingerprint density at radius 3 is 2.72 bits per heavy atom. The standard InChI is InChI=1S/C12H17N5O/c1-3-17-7-9(5-15-17)4-11(18)12(13)10-6-14-16(2)8-10/h5-8,12H,3-4,13H2,1-2H3. The van der Waals surface area contributed by atoms with Crippen molar-refractivity contribution < 1.29 is 4.79 Å². The summed E-state index contributed by atoms with van der Waals surface area (Å²) in [4.78, 5) is 12.0. The third-order valence-corrected chi connectivity index (χ3v) is 2.82. The molecule has 0 aliphatic rings. The Balaban J connectivity index is 2.03. The van der Waals surface area contributed by atoms with Gasteiger partial charge in [-0.2, -0.15) is 10.2 Å². The van der Waals surface area contributed by atoms with Crippen molar-refractivity contribution in [3.63, 3.8) is 0 Å². The van der Waals surface area contributed by atoms with Gasteiger partial charge in [-0.25, -0.2) is 0 Å². The normalized spacial score (nSPS) is 12.6. The maximum absolute atomic E-state index is 12.0. The first-order chi connectivity index (χ1) is 8.60. The fourth-order valence-corrected chi connectivity index (χ4v) is 1.77. The number of nitrogens with two attached hydrogens (primary N) is 1. The van der Waals surface area contributed by atoms with E-state index in [0.717, 1.165) is 17.7 Å². The number of Topliss-reactive ketones (excluding diaryl/α,β-unsaturated/α-hetero) is 1. The molecule has 1 unspecified atom stereocenters. The lowest BCUT2D eigenvalue weighted by Gasteiger charge is -2.06. The average molecular weight is 247 g/mol. The topological polar surface area (TPSA) is 78.7 Å². The number of carbonyl (C=O) groups excluding carboxylic acids is 1. The molecule has 6 heteroatoms. The Morgan fingerprint density at radius 1 is 1.39 bits per heavy atom. The highest BCUT2D eigenvalue weighted by molar-refractivity contribution is 5.86. The fraction of sp³-hybridized carbons (Fsp3) is 0.417. The largest absolute Gasteiger partial charge is 0.318 e. The summed E-state index contributed by atoms with van der Waals surface area (Å²) in [5.74, 6) is -0.0290. The monoisotopic (exact) mass is 247 g/mol. The lowest BCUT2D eigenvalue weighted by Crippen LogP contribution is -2.22. The van der Waals surface area contributed by atoms with Crippen molar-refractivity contribution in [2.45, 2.75) is 25.9 Å². The molecule has 1 atom stereocenters. The molecule has 2 heterocycles. The SMILES string of the molecule is CCn1cc(CC(=O)C(N)c2cnn(C)c2)cn1. The van der Waals surface area contributed by atoms with Gasteiger partial charge in [0.1, 0.15) is 0 Å². The number of aromatic nitrogens is 4. The Bertz CT molecular complexity index is 542. The summed E-state index contributed by atoms with van der Waals surface area (Å²) in [5.41, 5.74) is 7.54. The Kier molecular flexibility index (Phi) is 3.57. The molecule has 2 aromatic heterocycles. The quantitative estimate of drug-likeness (QED) is 0.832. The summed E-state index contributed by atoms with van der Waals surface area (Å²) < 4.78 is 3.43. The average Bonchev–Trinajstić information content (AvgIpc) is 2.97. The van der Waals surface area contributed by atoms with Gasteiger partial charge in [0.15, 0.2) is 5.78 Å². The predicted molar refractivity (Wildman–Crippen MR) is 66.7 cm³/mol. The van der Waals surface area contributed by atoms with Crippen molar-refractivity contribution in [3.05, 3.63) is 35.9 Å². The van der Waals surface area contributed by atoms with Gasteiger partial charge >= 0.3 is 0 Å². The molecule has 2 aromatic rings. The molecule has 18 heavy (non-hydrogen) atoms. The highest BCUT2D eigenvalue weighted by Crippen LogP contribution is 2.12. The second kappa shape index (κ2) is 5.14. The van der Waals surface area contributed by atoms with Crippen molar-refractivity contribution in [1.82, 2.24) is 19.6 Å². The van der Waals surface area contributed by atoms with Gasteiger partial charge in [-0.05, 0) is 12.5 Å². The molecule has 96 valence electrons. The molecular weight excluding hydrogens is 230 g/mol. The lowest BCUT2D eigenvalue weighted by atomic mass is 10.0. The highest BCUT2D eigenvalue weighted by atomic mass is 16.1. The molecule has 0 bridgehead atoms. The molecule has 0 radical (unpaired) electrons. The van der Waals surface area contributed by atoms with Crippen LogP contribution >= 0.6 is 0 Å². The minimum absolute atomic E-state index is 0.0290. The molecule has 2 N–H and O–H groups in total. The molecular formula is C12H17N5O. The first-order valence-electron chi connectivity index (χ1n) is 5.88. The molecule has 0 saturated carbocycles. The highest BCUT2D eigenvalue weighted by Gasteiger charge is 2.18. The third kappa shape index (κ3) is 2.65. The van der Waals surface area contributed by atoms with E-state index in [1.807, 2.05) is 13.1 Å². The van der Waals surface area contributed by atoms with Gasteiger partial charge in [0.2, 0.25) is 0 Å². The Morgan fingerprint density at radius 2 is 2.17 bits per heavy atom. The molecule has 0 aliphatic heterocycles. The molecule has 0 aliphatic carbocycles. The Hall–Kier alpha value is -1.95. The van der Waals surface area contributed by atoms with Crippen LogP contribution in [0.15, 0.2) is 24.8 Å². The summed E-state index contributed by atoms with van der Waals surface area (Å²) >= 11 is 0. The van der Waals surface area contributed by atoms with E-state index < -0.39 is 6.04 Å². The number of ketones is 1. The fourth-order valence-electron chi connectivity index (χ4n) is 1.77. The minimum Gasteiger partial charge on any atom is -0.318 e. The van der Waals surface area contributed by atoms with Crippen molar-refractivity contribution >= 4 is 5.78 Å². The van der Waals surface area contributed by atoms with E-state index in [9.17, 15) is 4.79 Å². The maximum atomic E-state index is 12.0. The van der Waals surface area contributed by atoms with Gasteiger partial charge in [0.05, 0.1) is 18.4 Å². The van der Waals surface area contributed by atoms with E-state index in [4.69, 9.17) is 5.73 Å². The van der Waals surface area contributed by atoms with Crippen LogP contribution in [0.4, 0.5) is 0 Å². The van der Waals surface area contributed by atoms with Crippen LogP contribution in [0.25, 0.3) is 0 Å². The van der Waals surface area contributed by atoms with Gasteiger partial charge in [0.25, 0.3) is 0 Å². The van der Waals surface area contributed by atoms with Crippen LogP contribution in [-0.4, -0.2) is 25.3 Å². The number of hydrogen-bond acceptors (Lipinski definition) is 4. The molecule has 0 amide bonds. The Labute approximate surface area is 105 Å². The van der Waals surface area contributed by atoms with Gasteiger partial charge in [0, 0.05) is 38.0 Å². The zero-order chi connectivity index (χ0) is 13.1. The molecule has 0 spiro atoms. The zero-order valence-corrected chi connectivity index (χ0v) is 10.6. The smallest absolute Gasteiger partial charge is 0.158 e. The van der Waals surface area contributed by atoms with Crippen LogP contribution < -0.4 is 5.73 Å². The summed E-state index contributed by atoms with van der Waals surface area (Å²) in [6.07, 6.45) is 7.26. The van der Waals surface area contributed by atoms with Crippen LogP contribution in [0.5, 0.6) is 0 Å². The molecule has 0 saturated heterocycles. The van der Waals surface area contributed by atoms with Crippen LogP contribution in [0, 0.1) is 0 Å². The van der Waals surface area contributed by atoms with Crippen LogP contribution in [-0.2, 0) is 24.8 Å². The summed E-state index contributed by atoms with van der Waals surface area (Å²) in [6.45, 7) is 2.79. The van der Waals surface area contributed by atoms with Gasteiger partial charge in [-0.1, -0.05) is 0 Å². The van der Waals surface area contributed by atoms with Crippen molar-refractivity contribution in [3.8, 4) is 0 Å². The van der Waals surface area contributed by atoms with Crippen molar-refractivity contribution in [2.75, 3.05) is 0 Å². The number of nitrogens with zero attached hydrogens (tertiary/aromatic N) is 4. The lowest BCUT2D eigenvalue weighted by molar-refractivity contribution is -0.119.